The number of halogens is 5. The fourth-order valence-electron chi connectivity index (χ4n) is 4.75. The molecule has 2 aromatic carbocycles. The van der Waals surface area contributed by atoms with Crippen LogP contribution in [0.15, 0.2) is 72.0 Å². The van der Waals surface area contributed by atoms with Gasteiger partial charge in [-0.25, -0.2) is 32.2 Å². The Morgan fingerprint density at radius 1 is 0.957 bits per heavy atom. The molecule has 0 unspecified atom stereocenters. The number of hydrogen-bond donors (Lipinski definition) is 1. The van der Waals surface area contributed by atoms with Gasteiger partial charge in [0.25, 0.3) is 10.0 Å². The number of aromatic nitrogens is 3. The number of nitrogens with one attached hydrogen (secondary N) is 1. The molecule has 3 heterocycles. The van der Waals surface area contributed by atoms with Gasteiger partial charge in [-0.05, 0) is 48.9 Å². The van der Waals surface area contributed by atoms with E-state index >= 15 is 0 Å². The minimum atomic E-state index is -4.78. The molecule has 246 valence electrons. The van der Waals surface area contributed by atoms with Crippen LogP contribution in [0.2, 0.25) is 0 Å². The molecule has 0 radical (unpaired) electrons. The molecule has 0 bridgehead atoms. The Hall–Kier alpha value is -5.19. The van der Waals surface area contributed by atoms with Gasteiger partial charge in [-0.1, -0.05) is 6.07 Å². The predicted octanol–water partition coefficient (Wildman–Crippen LogP) is 4.51. The Morgan fingerprint density at radius 3 is 2.38 bits per heavy atom. The molecule has 0 aliphatic carbocycles. The third kappa shape index (κ3) is 7.97. The number of rotatable bonds is 9. The second kappa shape index (κ2) is 13.3. The monoisotopic (exact) mass is 676 g/mol. The molecule has 11 nitrogen and oxygen atoms in total. The van der Waals surface area contributed by atoms with E-state index in [0.29, 0.717) is 66.7 Å². The van der Waals surface area contributed by atoms with Gasteiger partial charge in [0.15, 0.2) is 12.4 Å². The average Bonchev–Trinajstić information content (AvgIpc) is 3.01. The standard InChI is InChI=1S/C30H25F5N6O5S/c1-18(42)2-7-27(43)40-8-10-41(11-9-40)28-22-12-19(3-5-24(22)37-17-38-28)20-13-25(29(36-15-20)46-16-30(33,34)35)39-47(44,45)26-6-4-21(31)14-23(26)32/h2-7,12-15,17,39H,8-11,16H2,1H3/b7-2+. The van der Waals surface area contributed by atoms with Crippen molar-refractivity contribution in [1.29, 1.82) is 0 Å². The van der Waals surface area contributed by atoms with E-state index in [-0.39, 0.29) is 17.3 Å². The van der Waals surface area contributed by atoms with Crippen LogP contribution in [0.3, 0.4) is 0 Å². The van der Waals surface area contributed by atoms with Crippen LogP contribution >= 0.6 is 0 Å². The number of pyridine rings is 1. The van der Waals surface area contributed by atoms with Gasteiger partial charge in [-0.15, -0.1) is 0 Å². The molecule has 0 atom stereocenters. The molecule has 5 rings (SSSR count). The summed E-state index contributed by atoms with van der Waals surface area (Å²) in [6, 6.07) is 7.87. The fraction of sp³-hybridized carbons (Fsp3) is 0.233. The molecule has 0 saturated carbocycles. The molecule has 1 N–H and O–H groups in total. The molecule has 2 aromatic heterocycles. The van der Waals surface area contributed by atoms with Crippen LogP contribution in [0.5, 0.6) is 5.88 Å². The number of ketones is 1. The van der Waals surface area contributed by atoms with Crippen LogP contribution in [0, 0.1) is 11.6 Å². The van der Waals surface area contributed by atoms with Crippen LogP contribution in [0.25, 0.3) is 22.0 Å². The Morgan fingerprint density at radius 2 is 1.70 bits per heavy atom. The Kier molecular flexibility index (Phi) is 9.37. The van der Waals surface area contributed by atoms with Crippen molar-refractivity contribution in [3.05, 3.63) is 78.8 Å². The summed E-state index contributed by atoms with van der Waals surface area (Å²) in [4.78, 5) is 38.8. The van der Waals surface area contributed by atoms with Crippen molar-refractivity contribution in [2.45, 2.75) is 18.0 Å². The first kappa shape index (κ1) is 33.2. The van der Waals surface area contributed by atoms with Gasteiger partial charge in [-0.2, -0.15) is 13.2 Å². The maximum absolute atomic E-state index is 14.4. The van der Waals surface area contributed by atoms with E-state index in [1.165, 1.54) is 37.7 Å². The maximum atomic E-state index is 14.4. The van der Waals surface area contributed by atoms with E-state index in [2.05, 4.69) is 15.0 Å². The van der Waals surface area contributed by atoms with Crippen LogP contribution in [-0.4, -0.2) is 78.9 Å². The van der Waals surface area contributed by atoms with E-state index in [0.717, 1.165) is 0 Å². The van der Waals surface area contributed by atoms with E-state index in [1.54, 1.807) is 23.1 Å². The van der Waals surface area contributed by atoms with Crippen molar-refractivity contribution >= 4 is 44.1 Å². The lowest BCUT2D eigenvalue weighted by atomic mass is 10.0. The molecular formula is C30H25F5N6O5S. The topological polar surface area (TPSA) is 135 Å². The van der Waals surface area contributed by atoms with Crippen molar-refractivity contribution in [1.82, 2.24) is 19.9 Å². The summed E-state index contributed by atoms with van der Waals surface area (Å²) in [5.41, 5.74) is 0.707. The van der Waals surface area contributed by atoms with E-state index in [9.17, 15) is 40.0 Å². The predicted molar refractivity (Wildman–Crippen MR) is 160 cm³/mol. The second-order valence-electron chi connectivity index (χ2n) is 10.3. The molecule has 4 aromatic rings. The van der Waals surface area contributed by atoms with Gasteiger partial charge < -0.3 is 14.5 Å². The van der Waals surface area contributed by atoms with Crippen molar-refractivity contribution < 1.29 is 44.7 Å². The number of benzene rings is 2. The van der Waals surface area contributed by atoms with E-state index in [4.69, 9.17) is 4.74 Å². The third-order valence-corrected chi connectivity index (χ3v) is 8.35. The lowest BCUT2D eigenvalue weighted by molar-refractivity contribution is -0.154. The van der Waals surface area contributed by atoms with Gasteiger partial charge in [0.05, 0.1) is 5.52 Å². The summed E-state index contributed by atoms with van der Waals surface area (Å²) >= 11 is 0. The Labute approximate surface area is 264 Å². The number of allylic oxidation sites excluding steroid dienone is 1. The van der Waals surface area contributed by atoms with Gasteiger partial charge in [0.2, 0.25) is 11.8 Å². The summed E-state index contributed by atoms with van der Waals surface area (Å²) < 4.78 is 99.4. The number of alkyl halides is 3. The van der Waals surface area contributed by atoms with Crippen LogP contribution in [-0.2, 0) is 19.6 Å². The summed E-state index contributed by atoms with van der Waals surface area (Å²) in [5, 5.41) is 0.578. The Balaban J connectivity index is 1.47. The molecule has 1 fully saturated rings. The largest absolute Gasteiger partial charge is 0.467 e. The lowest BCUT2D eigenvalue weighted by Crippen LogP contribution is -2.48. The van der Waals surface area contributed by atoms with Gasteiger partial charge in [0, 0.05) is 55.5 Å². The normalized spacial score (nSPS) is 14.1. The first-order chi connectivity index (χ1) is 22.2. The van der Waals surface area contributed by atoms with E-state index < -0.39 is 50.9 Å². The number of amides is 1. The smallest absolute Gasteiger partial charge is 0.422 e. The Bertz CT molecular complexity index is 1980. The number of piperazine rings is 1. The molecule has 1 amide bonds. The molecule has 1 aliphatic heterocycles. The summed E-state index contributed by atoms with van der Waals surface area (Å²) in [5.74, 6) is -3.18. The zero-order valence-corrected chi connectivity index (χ0v) is 25.3. The lowest BCUT2D eigenvalue weighted by Gasteiger charge is -2.35. The summed E-state index contributed by atoms with van der Waals surface area (Å²) in [6.45, 7) is 1.09. The number of fused-ring (bicyclic) bond motifs is 1. The minimum absolute atomic E-state index is 0.242. The molecule has 0 spiro atoms. The van der Waals surface area contributed by atoms with Crippen LogP contribution in [0.4, 0.5) is 33.5 Å². The number of sulfonamides is 1. The second-order valence-corrected chi connectivity index (χ2v) is 12.0. The fourth-order valence-corrected chi connectivity index (χ4v) is 5.86. The number of carbonyl (C=O) groups is 2. The molecule has 1 saturated heterocycles. The first-order valence-corrected chi connectivity index (χ1v) is 15.3. The first-order valence-electron chi connectivity index (χ1n) is 13.9. The summed E-state index contributed by atoms with van der Waals surface area (Å²) in [6.07, 6.45) is 0.196. The highest BCUT2D eigenvalue weighted by Gasteiger charge is 2.30. The molecule has 1 aliphatic rings. The zero-order chi connectivity index (χ0) is 33.9. The number of ether oxygens (including phenoxy) is 1. The van der Waals surface area contributed by atoms with Crippen LogP contribution < -0.4 is 14.4 Å². The highest BCUT2D eigenvalue weighted by atomic mass is 32.2. The summed E-state index contributed by atoms with van der Waals surface area (Å²) in [7, 11) is -4.78. The maximum Gasteiger partial charge on any atom is 0.422 e. The molecule has 17 heteroatoms. The van der Waals surface area contributed by atoms with Crippen LogP contribution in [0.1, 0.15) is 6.92 Å². The quantitative estimate of drug-likeness (QED) is 0.201. The number of hydrogen-bond acceptors (Lipinski definition) is 9. The average molecular weight is 677 g/mol. The van der Waals surface area contributed by atoms with E-state index in [1.807, 2.05) is 9.62 Å². The highest BCUT2D eigenvalue weighted by Crippen LogP contribution is 2.34. The number of anilines is 2. The third-order valence-electron chi connectivity index (χ3n) is 6.95. The highest BCUT2D eigenvalue weighted by molar-refractivity contribution is 7.92. The van der Waals surface area contributed by atoms with Crippen molar-refractivity contribution in [2.24, 2.45) is 0 Å². The van der Waals surface area contributed by atoms with Gasteiger partial charge in [0.1, 0.15) is 34.4 Å². The van der Waals surface area contributed by atoms with Gasteiger partial charge >= 0.3 is 6.18 Å². The zero-order valence-electron chi connectivity index (χ0n) is 24.5. The van der Waals surface area contributed by atoms with Gasteiger partial charge in [-0.3, -0.25) is 14.3 Å². The molecule has 47 heavy (non-hydrogen) atoms. The minimum Gasteiger partial charge on any atom is -0.467 e. The van der Waals surface area contributed by atoms with Crippen molar-refractivity contribution in [3.8, 4) is 17.0 Å². The van der Waals surface area contributed by atoms with Crippen molar-refractivity contribution in [3.63, 3.8) is 0 Å². The SMILES string of the molecule is CC(=O)/C=C/C(=O)N1CCN(c2ncnc3ccc(-c4cnc(OCC(F)(F)F)c(NS(=O)(=O)c5ccc(F)cc5F)c4)cc23)CC1. The molecular weight excluding hydrogens is 651 g/mol. The number of carbonyl (C=O) groups excluding carboxylic acids is 2. The van der Waals surface area contributed by atoms with Crippen molar-refractivity contribution in [2.75, 3.05) is 42.4 Å². The number of nitrogens with zero attached hydrogens (tertiary/aromatic N) is 5.